The lowest BCUT2D eigenvalue weighted by atomic mass is 9.94. The van der Waals surface area contributed by atoms with Gasteiger partial charge < -0.3 is 5.32 Å². The van der Waals surface area contributed by atoms with Gasteiger partial charge in [-0.2, -0.15) is 0 Å². The van der Waals surface area contributed by atoms with Crippen LogP contribution in [0, 0.1) is 12.8 Å². The zero-order valence-electron chi connectivity index (χ0n) is 12.7. The van der Waals surface area contributed by atoms with Crippen LogP contribution in [0.25, 0.3) is 10.9 Å². The molecule has 21 heavy (non-hydrogen) atoms. The zero-order valence-corrected chi connectivity index (χ0v) is 12.7. The highest BCUT2D eigenvalue weighted by Crippen LogP contribution is 2.27. The highest BCUT2D eigenvalue weighted by Gasteiger charge is 2.34. The maximum Gasteiger partial charge on any atom is 0.0708 e. The van der Waals surface area contributed by atoms with E-state index in [4.69, 9.17) is 0 Å². The minimum absolute atomic E-state index is 0.716. The van der Waals surface area contributed by atoms with Crippen LogP contribution in [0.5, 0.6) is 0 Å². The molecule has 2 aromatic rings. The lowest BCUT2D eigenvalue weighted by molar-refractivity contribution is 0.313. The molecule has 2 atom stereocenters. The van der Waals surface area contributed by atoms with Gasteiger partial charge in [-0.05, 0) is 49.9 Å². The molecule has 0 aliphatic carbocycles. The summed E-state index contributed by atoms with van der Waals surface area (Å²) in [5, 5.41) is 5.00. The van der Waals surface area contributed by atoms with Crippen molar-refractivity contribution in [1.29, 1.82) is 0 Å². The standard InChI is InChI=1S/C18H23N3/c1-13-9-15(16-6-2-3-7-17(16)20-13)11-21-10-14-5-4-8-19-18(14)12-21/h2-3,6-7,9,14,18-19H,4-5,8,10-12H2,1H3. The summed E-state index contributed by atoms with van der Waals surface area (Å²) in [6, 6.07) is 11.5. The summed E-state index contributed by atoms with van der Waals surface area (Å²) in [5.41, 5.74) is 3.68. The second kappa shape index (κ2) is 5.39. The van der Waals surface area contributed by atoms with Gasteiger partial charge in [-0.15, -0.1) is 0 Å². The van der Waals surface area contributed by atoms with E-state index in [1.54, 1.807) is 0 Å². The maximum atomic E-state index is 4.65. The van der Waals surface area contributed by atoms with Gasteiger partial charge in [-0.3, -0.25) is 9.88 Å². The predicted molar refractivity (Wildman–Crippen MR) is 86.3 cm³/mol. The predicted octanol–water partition coefficient (Wildman–Crippen LogP) is 2.73. The summed E-state index contributed by atoms with van der Waals surface area (Å²) in [7, 11) is 0. The molecule has 3 nitrogen and oxygen atoms in total. The molecule has 4 rings (SSSR count). The molecule has 3 heterocycles. The van der Waals surface area contributed by atoms with Gasteiger partial charge in [0.05, 0.1) is 5.52 Å². The molecule has 1 aromatic heterocycles. The fraction of sp³-hybridized carbons (Fsp3) is 0.500. The Morgan fingerprint density at radius 1 is 1.29 bits per heavy atom. The van der Waals surface area contributed by atoms with Gasteiger partial charge >= 0.3 is 0 Å². The SMILES string of the molecule is Cc1cc(CN2CC3CCCNC3C2)c2ccccc2n1. The van der Waals surface area contributed by atoms with E-state index in [-0.39, 0.29) is 0 Å². The summed E-state index contributed by atoms with van der Waals surface area (Å²) in [6.07, 6.45) is 2.73. The number of aromatic nitrogens is 1. The van der Waals surface area contributed by atoms with Crippen LogP contribution in [0.1, 0.15) is 24.1 Å². The van der Waals surface area contributed by atoms with Crippen molar-refractivity contribution in [3.05, 3.63) is 41.6 Å². The van der Waals surface area contributed by atoms with Gasteiger partial charge in [0.1, 0.15) is 0 Å². The minimum Gasteiger partial charge on any atom is -0.312 e. The van der Waals surface area contributed by atoms with Crippen LogP contribution >= 0.6 is 0 Å². The molecule has 2 saturated heterocycles. The normalized spacial score (nSPS) is 26.1. The van der Waals surface area contributed by atoms with Crippen molar-refractivity contribution < 1.29 is 0 Å². The number of pyridine rings is 1. The summed E-state index contributed by atoms with van der Waals surface area (Å²) in [4.78, 5) is 7.27. The van der Waals surface area contributed by atoms with E-state index in [0.717, 1.165) is 23.7 Å². The third-order valence-corrected chi connectivity index (χ3v) is 5.00. The molecule has 1 N–H and O–H groups in total. The Labute approximate surface area is 126 Å². The maximum absolute atomic E-state index is 4.65. The fourth-order valence-electron chi connectivity index (χ4n) is 4.03. The van der Waals surface area contributed by atoms with Gasteiger partial charge in [-0.1, -0.05) is 18.2 Å². The number of benzene rings is 1. The summed E-state index contributed by atoms with van der Waals surface area (Å²) < 4.78 is 0. The molecule has 2 aliphatic rings. The Balaban J connectivity index is 1.60. The van der Waals surface area contributed by atoms with Crippen LogP contribution in [0.2, 0.25) is 0 Å². The van der Waals surface area contributed by atoms with Crippen molar-refractivity contribution in [1.82, 2.24) is 15.2 Å². The molecule has 1 aromatic carbocycles. The van der Waals surface area contributed by atoms with Crippen LogP contribution in [0.15, 0.2) is 30.3 Å². The number of rotatable bonds is 2. The van der Waals surface area contributed by atoms with Crippen LogP contribution in [0.3, 0.4) is 0 Å². The Morgan fingerprint density at radius 3 is 3.10 bits per heavy atom. The minimum atomic E-state index is 0.716. The number of nitrogens with one attached hydrogen (secondary N) is 1. The molecule has 3 heteroatoms. The second-order valence-electron chi connectivity index (χ2n) is 6.60. The molecule has 2 unspecified atom stereocenters. The molecule has 0 radical (unpaired) electrons. The number of hydrogen-bond acceptors (Lipinski definition) is 3. The Bertz CT molecular complexity index is 638. The van der Waals surface area contributed by atoms with Crippen LogP contribution in [0.4, 0.5) is 0 Å². The first-order valence-corrected chi connectivity index (χ1v) is 8.10. The summed E-state index contributed by atoms with van der Waals surface area (Å²) in [6.45, 7) is 6.79. The van der Waals surface area contributed by atoms with E-state index < -0.39 is 0 Å². The second-order valence-corrected chi connectivity index (χ2v) is 6.60. The first-order valence-electron chi connectivity index (χ1n) is 8.10. The van der Waals surface area contributed by atoms with E-state index in [1.165, 1.54) is 43.4 Å². The van der Waals surface area contributed by atoms with E-state index in [0.29, 0.717) is 6.04 Å². The molecule has 0 amide bonds. The molecular formula is C18H23N3. The Hall–Kier alpha value is -1.45. The monoisotopic (exact) mass is 281 g/mol. The number of para-hydroxylation sites is 1. The van der Waals surface area contributed by atoms with Crippen molar-refractivity contribution >= 4 is 10.9 Å². The average molecular weight is 281 g/mol. The number of aryl methyl sites for hydroxylation is 1. The quantitative estimate of drug-likeness (QED) is 0.917. The topological polar surface area (TPSA) is 28.2 Å². The van der Waals surface area contributed by atoms with Gasteiger partial charge in [0.25, 0.3) is 0 Å². The molecule has 2 aliphatic heterocycles. The van der Waals surface area contributed by atoms with Gasteiger partial charge in [0.2, 0.25) is 0 Å². The molecule has 0 spiro atoms. The van der Waals surface area contributed by atoms with E-state index in [1.807, 2.05) is 0 Å². The van der Waals surface area contributed by atoms with Crippen molar-refractivity contribution in [2.45, 2.75) is 32.4 Å². The molecule has 0 bridgehead atoms. The van der Waals surface area contributed by atoms with Crippen molar-refractivity contribution in [3.63, 3.8) is 0 Å². The third-order valence-electron chi connectivity index (χ3n) is 5.00. The van der Waals surface area contributed by atoms with Crippen molar-refractivity contribution in [2.75, 3.05) is 19.6 Å². The fourth-order valence-corrected chi connectivity index (χ4v) is 4.03. The van der Waals surface area contributed by atoms with E-state index >= 15 is 0 Å². The largest absolute Gasteiger partial charge is 0.312 e. The highest BCUT2D eigenvalue weighted by atomic mass is 15.2. The highest BCUT2D eigenvalue weighted by molar-refractivity contribution is 5.82. The number of piperidine rings is 1. The first-order chi connectivity index (χ1) is 10.3. The Kier molecular flexibility index (Phi) is 3.40. The third kappa shape index (κ3) is 2.56. The molecule has 0 saturated carbocycles. The van der Waals surface area contributed by atoms with Crippen molar-refractivity contribution in [2.24, 2.45) is 5.92 Å². The molecule has 2 fully saturated rings. The molecule has 110 valence electrons. The summed E-state index contributed by atoms with van der Waals surface area (Å²) in [5.74, 6) is 0.855. The number of likely N-dealkylation sites (tertiary alicyclic amines) is 1. The summed E-state index contributed by atoms with van der Waals surface area (Å²) >= 11 is 0. The van der Waals surface area contributed by atoms with Crippen molar-refractivity contribution in [3.8, 4) is 0 Å². The van der Waals surface area contributed by atoms with E-state index in [2.05, 4.69) is 52.5 Å². The van der Waals surface area contributed by atoms with Gasteiger partial charge in [-0.25, -0.2) is 0 Å². The number of nitrogens with zero attached hydrogens (tertiary/aromatic N) is 2. The Morgan fingerprint density at radius 2 is 2.19 bits per heavy atom. The van der Waals surface area contributed by atoms with Crippen LogP contribution < -0.4 is 5.32 Å². The zero-order chi connectivity index (χ0) is 14.2. The van der Waals surface area contributed by atoms with E-state index in [9.17, 15) is 0 Å². The van der Waals surface area contributed by atoms with Gasteiger partial charge in [0.15, 0.2) is 0 Å². The number of fused-ring (bicyclic) bond motifs is 2. The lowest BCUT2D eigenvalue weighted by Crippen LogP contribution is -2.40. The average Bonchev–Trinajstić information content (AvgIpc) is 2.89. The number of hydrogen-bond donors (Lipinski definition) is 1. The van der Waals surface area contributed by atoms with Gasteiger partial charge in [0, 0.05) is 36.8 Å². The first kappa shape index (κ1) is 13.2. The molecular weight excluding hydrogens is 258 g/mol. The lowest BCUT2D eigenvalue weighted by Gasteiger charge is -2.24. The van der Waals surface area contributed by atoms with Crippen LogP contribution in [-0.4, -0.2) is 35.6 Å². The smallest absolute Gasteiger partial charge is 0.0708 e. The van der Waals surface area contributed by atoms with Crippen LogP contribution in [-0.2, 0) is 6.54 Å².